The quantitative estimate of drug-likeness (QED) is 0.134. The molecule has 3 aliphatic rings. The number of hydrogen-bond acceptors (Lipinski definition) is 7. The van der Waals surface area contributed by atoms with Crippen molar-refractivity contribution in [3.05, 3.63) is 379 Å². The van der Waals surface area contributed by atoms with E-state index in [0.717, 1.165) is 94.8 Å². The van der Waals surface area contributed by atoms with Crippen LogP contribution in [0.3, 0.4) is 0 Å². The van der Waals surface area contributed by atoms with Gasteiger partial charge >= 0.3 is 0 Å². The minimum atomic E-state index is -0.0445. The lowest BCUT2D eigenvalue weighted by molar-refractivity contribution is 0.660. The van der Waals surface area contributed by atoms with E-state index in [-0.39, 0.29) is 16.2 Å². The van der Waals surface area contributed by atoms with Gasteiger partial charge in [0.15, 0.2) is 0 Å². The summed E-state index contributed by atoms with van der Waals surface area (Å²) >= 11 is 1.87. The van der Waals surface area contributed by atoms with Crippen LogP contribution in [0.2, 0.25) is 0 Å². The number of benzene rings is 16. The summed E-state index contributed by atoms with van der Waals surface area (Å²) in [7, 11) is 0. The number of rotatable bonds is 9. The molecule has 0 unspecified atom stereocenters. The van der Waals surface area contributed by atoms with Crippen molar-refractivity contribution in [2.24, 2.45) is 0 Å². The van der Waals surface area contributed by atoms with Gasteiger partial charge in [0.05, 0.1) is 0 Å². The molecule has 20 aromatic rings. The molecule has 0 aliphatic heterocycles. The maximum atomic E-state index is 6.24. The van der Waals surface area contributed by atoms with Crippen LogP contribution in [0.4, 0.5) is 34.3 Å². The highest BCUT2D eigenvalue weighted by Gasteiger charge is 2.38. The van der Waals surface area contributed by atoms with Crippen molar-refractivity contribution in [1.29, 1.82) is 0 Å². The van der Waals surface area contributed by atoms with Crippen molar-refractivity contribution in [3.63, 3.8) is 0 Å². The van der Waals surface area contributed by atoms with Gasteiger partial charge in [-0.2, -0.15) is 0 Å². The van der Waals surface area contributed by atoms with Crippen LogP contribution >= 0.6 is 11.3 Å². The largest absolute Gasteiger partial charge is 0.456 e. The summed E-state index contributed by atoms with van der Waals surface area (Å²) in [5.74, 6) is 0.825. The molecule has 113 heavy (non-hydrogen) atoms. The number of anilines is 6. The fourth-order valence-corrected chi connectivity index (χ4v) is 19.7. The molecule has 4 heterocycles. The van der Waals surface area contributed by atoms with Gasteiger partial charge in [0.1, 0.15) is 28.1 Å². The summed E-state index contributed by atoms with van der Waals surface area (Å²) in [4.78, 5) is 4.75. The number of fused-ring (bicyclic) bond motifs is 20. The highest BCUT2D eigenvalue weighted by Crippen LogP contribution is 2.54. The number of thiophene rings is 1. The Bertz CT molecular complexity index is 6970. The smallest absolute Gasteiger partial charge is 0.136 e. The van der Waals surface area contributed by atoms with Crippen molar-refractivity contribution >= 4 is 131 Å². The molecule has 3 N–H and O–H groups in total. The molecular weight excluding hydrogens is 1390 g/mol. The average molecular weight is 1470 g/mol. The minimum absolute atomic E-state index is 0.0209. The Balaban J connectivity index is 0.000000107. The third-order valence-corrected chi connectivity index (χ3v) is 25.4. The van der Waals surface area contributed by atoms with Crippen molar-refractivity contribution in [2.75, 3.05) is 16.0 Å². The van der Waals surface area contributed by atoms with Crippen molar-refractivity contribution < 1.29 is 8.83 Å². The van der Waals surface area contributed by atoms with E-state index in [9.17, 15) is 0 Å². The topological polar surface area (TPSA) is 75.3 Å². The molecule has 6 nitrogen and oxygen atoms in total. The van der Waals surface area contributed by atoms with E-state index in [4.69, 9.17) is 13.8 Å². The maximum Gasteiger partial charge on any atom is 0.136 e. The number of nitrogens with one attached hydrogen (secondary N) is 3. The van der Waals surface area contributed by atoms with Crippen LogP contribution in [0.25, 0.3) is 152 Å². The number of aromatic nitrogens is 1. The summed E-state index contributed by atoms with van der Waals surface area (Å²) in [6, 6.07) is 122. The van der Waals surface area contributed by atoms with E-state index in [2.05, 4.69) is 355 Å². The first kappa shape index (κ1) is 67.5. The Morgan fingerprint density at radius 2 is 0.619 bits per heavy atom. The molecule has 0 saturated carbocycles. The SMILES string of the molecule is CC1(C)c2ccccc2-c2ccc(Nc3cc4ccccc4cc3-c3cccc4oc5ccccc5c34)cc21.CC1(C)c2ccccc2-c2ccc(Nc3cc4ccccc4cc3-c3cccc4sc5ccccc5c34)cc21.CC1(C)c2ccccc2-c2ccc(Nc3ccc(-c4cccc5oc6ccccc6c45)cn3)cc21. The number of nitrogens with zero attached hydrogens (tertiary/aromatic N) is 1. The lowest BCUT2D eigenvalue weighted by atomic mass is 9.82. The number of para-hydroxylation sites is 2. The third kappa shape index (κ3) is 11.2. The van der Waals surface area contributed by atoms with E-state index in [1.807, 2.05) is 60.0 Å². The van der Waals surface area contributed by atoms with Crippen molar-refractivity contribution in [1.82, 2.24) is 4.98 Å². The summed E-state index contributed by atoms with van der Waals surface area (Å²) < 4.78 is 15.0. The zero-order valence-electron chi connectivity index (χ0n) is 63.6. The minimum Gasteiger partial charge on any atom is -0.456 e. The monoisotopic (exact) mass is 1470 g/mol. The van der Waals surface area contributed by atoms with E-state index in [1.54, 1.807) is 0 Å². The van der Waals surface area contributed by atoms with Crippen LogP contribution in [0, 0.1) is 0 Å². The molecule has 0 radical (unpaired) electrons. The summed E-state index contributed by atoms with van der Waals surface area (Å²) in [5, 5.41) is 23.3. The number of hydrogen-bond donors (Lipinski definition) is 3. The Morgan fingerprint density at radius 3 is 1.11 bits per heavy atom. The molecule has 0 saturated heterocycles. The van der Waals surface area contributed by atoms with Crippen LogP contribution < -0.4 is 16.0 Å². The average Bonchev–Trinajstić information content (AvgIpc) is 1.63. The van der Waals surface area contributed by atoms with Gasteiger partial charge in [-0.1, -0.05) is 272 Å². The summed E-state index contributed by atoms with van der Waals surface area (Å²) in [6.45, 7) is 13.9. The number of pyridine rings is 1. The van der Waals surface area contributed by atoms with E-state index in [0.29, 0.717) is 0 Å². The zero-order chi connectivity index (χ0) is 75.8. The van der Waals surface area contributed by atoms with E-state index < -0.39 is 0 Å². The molecular formula is C106H78N4O2S. The molecule has 7 heteroatoms. The first-order valence-corrected chi connectivity index (χ1v) is 39.8. The van der Waals surface area contributed by atoms with Gasteiger partial charge in [-0.15, -0.1) is 11.3 Å². The predicted molar refractivity (Wildman–Crippen MR) is 478 cm³/mol. The van der Waals surface area contributed by atoms with Gasteiger partial charge in [-0.3, -0.25) is 0 Å². The van der Waals surface area contributed by atoms with E-state index in [1.165, 1.54) is 125 Å². The van der Waals surface area contributed by atoms with Gasteiger partial charge in [-0.25, -0.2) is 4.98 Å². The summed E-state index contributed by atoms with van der Waals surface area (Å²) in [5.41, 5.74) is 32.3. The molecule has 16 aromatic carbocycles. The Morgan fingerprint density at radius 1 is 0.257 bits per heavy atom. The second-order valence-electron chi connectivity index (χ2n) is 31.9. The molecule has 0 fully saturated rings. The van der Waals surface area contributed by atoms with Gasteiger partial charge in [0, 0.05) is 109 Å². The highest BCUT2D eigenvalue weighted by molar-refractivity contribution is 7.26. The third-order valence-electron chi connectivity index (χ3n) is 24.2. The van der Waals surface area contributed by atoms with Crippen LogP contribution in [-0.4, -0.2) is 4.98 Å². The lowest BCUT2D eigenvalue weighted by Crippen LogP contribution is -2.15. The summed E-state index contributed by atoms with van der Waals surface area (Å²) in [6.07, 6.45) is 1.94. The molecule has 4 aromatic heterocycles. The Labute approximate surface area is 660 Å². The second-order valence-corrected chi connectivity index (χ2v) is 33.0. The molecule has 0 atom stereocenters. The molecule has 23 rings (SSSR count). The maximum absolute atomic E-state index is 6.24. The Hall–Kier alpha value is -13.6. The van der Waals surface area contributed by atoms with Crippen LogP contribution in [0.15, 0.2) is 355 Å². The molecule has 0 spiro atoms. The van der Waals surface area contributed by atoms with Gasteiger partial charge in [0.25, 0.3) is 0 Å². The molecule has 0 amide bonds. The van der Waals surface area contributed by atoms with Crippen molar-refractivity contribution in [2.45, 2.75) is 57.8 Å². The van der Waals surface area contributed by atoms with Gasteiger partial charge in [0.2, 0.25) is 0 Å². The van der Waals surface area contributed by atoms with Crippen LogP contribution in [0.5, 0.6) is 0 Å². The number of furan rings is 2. The van der Waals surface area contributed by atoms with Crippen LogP contribution in [-0.2, 0) is 16.2 Å². The zero-order valence-corrected chi connectivity index (χ0v) is 64.4. The normalized spacial score (nSPS) is 13.6. The van der Waals surface area contributed by atoms with Gasteiger partial charge in [-0.05, 0) is 214 Å². The lowest BCUT2D eigenvalue weighted by Gasteiger charge is -2.22. The first-order chi connectivity index (χ1) is 55.2. The van der Waals surface area contributed by atoms with Gasteiger partial charge < -0.3 is 24.8 Å². The molecule has 3 aliphatic carbocycles. The standard InChI is InChI=1S/C37H27NO.C37H27NS.C32H24N2O/c2*1-37(2)31-15-7-5-12-26(31)27-19-18-25(22-32(27)37)38-33-21-24-11-4-3-10-23(24)20-30(33)28-14-9-17-35-36(28)29-13-6-8-16-34(29)39-35;1-32(2)26-11-5-3-8-23(26)24-16-15-21(18-27(24)32)34-30-17-14-20(19-33-30)22-10-7-13-29-31(22)25-9-4-6-12-28(25)35-29/h2*3-22,38H,1-2H3;3-19H,1-2H3,(H,33,34). The Kier molecular flexibility index (Phi) is 15.7. The van der Waals surface area contributed by atoms with E-state index >= 15 is 0 Å². The second kappa shape index (κ2) is 26.3. The van der Waals surface area contributed by atoms with Crippen molar-refractivity contribution in [3.8, 4) is 66.8 Å². The fraction of sp³-hybridized carbons (Fsp3) is 0.0849. The van der Waals surface area contributed by atoms with Crippen LogP contribution in [0.1, 0.15) is 74.9 Å². The predicted octanol–water partition coefficient (Wildman–Crippen LogP) is 30.1. The highest BCUT2D eigenvalue weighted by atomic mass is 32.1. The molecule has 540 valence electrons. The first-order valence-electron chi connectivity index (χ1n) is 39.0. The molecule has 0 bridgehead atoms. The fourth-order valence-electron chi connectivity index (χ4n) is 18.6.